The molecule has 1 aromatic heterocycles. The molecule has 0 spiro atoms. The van der Waals surface area contributed by atoms with Crippen LogP contribution >= 0.6 is 12.2 Å². The maximum Gasteiger partial charge on any atom is 0.178 e. The molecule has 0 amide bonds. The number of aromatic amines is 1. The van der Waals surface area contributed by atoms with Crippen LogP contribution in [-0.4, -0.2) is 34.1 Å². The number of rotatable bonds is 3. The maximum atomic E-state index is 13.6. The fraction of sp³-hybridized carbons (Fsp3) is 0.533. The van der Waals surface area contributed by atoms with E-state index >= 15 is 0 Å². The third-order valence-electron chi connectivity index (χ3n) is 4.14. The van der Waals surface area contributed by atoms with E-state index in [2.05, 4.69) is 14.5 Å². The fourth-order valence-electron chi connectivity index (χ4n) is 2.93. The van der Waals surface area contributed by atoms with Crippen molar-refractivity contribution in [3.63, 3.8) is 0 Å². The molecule has 2 aromatic rings. The molecular weight excluding hydrogens is 273 g/mol. The predicted molar refractivity (Wildman–Crippen MR) is 82.1 cm³/mol. The summed E-state index contributed by atoms with van der Waals surface area (Å²) in [6.45, 7) is 6.04. The van der Waals surface area contributed by atoms with Gasteiger partial charge in [-0.05, 0) is 62.8 Å². The van der Waals surface area contributed by atoms with E-state index in [0.29, 0.717) is 10.3 Å². The summed E-state index contributed by atoms with van der Waals surface area (Å²) in [7, 11) is 0. The van der Waals surface area contributed by atoms with Gasteiger partial charge in [-0.25, -0.2) is 4.39 Å². The second-order valence-corrected chi connectivity index (χ2v) is 5.99. The lowest BCUT2D eigenvalue weighted by molar-refractivity contribution is 0.221. The van der Waals surface area contributed by atoms with Gasteiger partial charge in [0.1, 0.15) is 5.82 Å². The van der Waals surface area contributed by atoms with Gasteiger partial charge >= 0.3 is 0 Å². The van der Waals surface area contributed by atoms with Crippen LogP contribution in [0.2, 0.25) is 0 Å². The van der Waals surface area contributed by atoms with E-state index in [1.54, 1.807) is 6.92 Å². The minimum atomic E-state index is -0.183. The normalized spacial score (nSPS) is 16.9. The summed E-state index contributed by atoms with van der Waals surface area (Å²) >= 11 is 5.37. The van der Waals surface area contributed by atoms with Gasteiger partial charge in [-0.2, -0.15) is 0 Å². The molecule has 3 rings (SSSR count). The second-order valence-electron chi connectivity index (χ2n) is 5.60. The van der Waals surface area contributed by atoms with E-state index < -0.39 is 0 Å². The van der Waals surface area contributed by atoms with Crippen LogP contribution in [0.25, 0.3) is 11.0 Å². The van der Waals surface area contributed by atoms with Crippen LogP contribution in [0.15, 0.2) is 12.1 Å². The Morgan fingerprint density at radius 2 is 1.95 bits per heavy atom. The number of halogens is 1. The topological polar surface area (TPSA) is 24.0 Å². The van der Waals surface area contributed by atoms with Crippen LogP contribution in [0, 0.1) is 17.5 Å². The highest BCUT2D eigenvalue weighted by Gasteiger charge is 2.12. The van der Waals surface area contributed by atoms with E-state index in [4.69, 9.17) is 12.2 Å². The van der Waals surface area contributed by atoms with E-state index in [1.165, 1.54) is 38.4 Å². The van der Waals surface area contributed by atoms with Crippen LogP contribution in [0.3, 0.4) is 0 Å². The zero-order chi connectivity index (χ0) is 14.1. The molecule has 108 valence electrons. The Kier molecular flexibility index (Phi) is 3.89. The quantitative estimate of drug-likeness (QED) is 0.874. The van der Waals surface area contributed by atoms with Gasteiger partial charge < -0.3 is 14.5 Å². The molecule has 1 saturated heterocycles. The average Bonchev–Trinajstić information content (AvgIpc) is 2.73. The molecule has 0 unspecified atom stereocenters. The number of aryl methyl sites for hydroxylation is 1. The van der Waals surface area contributed by atoms with Crippen LogP contribution in [-0.2, 0) is 6.54 Å². The van der Waals surface area contributed by atoms with Crippen LogP contribution in [0.4, 0.5) is 4.39 Å². The molecule has 1 aliphatic heterocycles. The number of nitrogens with one attached hydrogen (secondary N) is 1. The number of benzene rings is 1. The lowest BCUT2D eigenvalue weighted by Crippen LogP contribution is -2.32. The van der Waals surface area contributed by atoms with Gasteiger partial charge in [0, 0.05) is 13.1 Å². The SMILES string of the molecule is Cc1cc2c(cc1F)[nH]c(=S)n2CCN1CCCCC1. The average molecular weight is 293 g/mol. The Morgan fingerprint density at radius 3 is 2.70 bits per heavy atom. The number of H-pyrrole nitrogens is 1. The van der Waals surface area contributed by atoms with Crippen molar-refractivity contribution < 1.29 is 4.39 Å². The van der Waals surface area contributed by atoms with Crippen LogP contribution in [0.5, 0.6) is 0 Å². The largest absolute Gasteiger partial charge is 0.330 e. The summed E-state index contributed by atoms with van der Waals surface area (Å²) in [4.78, 5) is 5.59. The van der Waals surface area contributed by atoms with Crippen molar-refractivity contribution in [1.29, 1.82) is 0 Å². The fourth-order valence-corrected chi connectivity index (χ4v) is 3.23. The Hall–Kier alpha value is -1.20. The van der Waals surface area contributed by atoms with Crippen LogP contribution in [0.1, 0.15) is 24.8 Å². The molecule has 0 aliphatic carbocycles. The summed E-state index contributed by atoms with van der Waals surface area (Å²) < 4.78 is 16.4. The minimum absolute atomic E-state index is 0.183. The molecule has 2 heterocycles. The summed E-state index contributed by atoms with van der Waals surface area (Å²) in [6.07, 6.45) is 3.94. The van der Waals surface area contributed by atoms with E-state index in [1.807, 2.05) is 6.07 Å². The predicted octanol–water partition coefficient (Wildman–Crippen LogP) is 3.63. The molecule has 5 heteroatoms. The second kappa shape index (κ2) is 5.66. The Bertz CT molecular complexity index is 668. The van der Waals surface area contributed by atoms with Crippen molar-refractivity contribution in [1.82, 2.24) is 14.5 Å². The number of piperidine rings is 1. The maximum absolute atomic E-state index is 13.6. The third kappa shape index (κ3) is 2.65. The zero-order valence-electron chi connectivity index (χ0n) is 11.8. The third-order valence-corrected chi connectivity index (χ3v) is 4.47. The van der Waals surface area contributed by atoms with Gasteiger partial charge in [0.25, 0.3) is 0 Å². The van der Waals surface area contributed by atoms with Crippen molar-refractivity contribution in [2.24, 2.45) is 0 Å². The molecule has 0 atom stereocenters. The Morgan fingerprint density at radius 1 is 1.20 bits per heavy atom. The lowest BCUT2D eigenvalue weighted by Gasteiger charge is -2.26. The summed E-state index contributed by atoms with van der Waals surface area (Å²) in [5, 5.41) is 0. The lowest BCUT2D eigenvalue weighted by atomic mass is 10.1. The first-order valence-corrected chi connectivity index (χ1v) is 7.67. The number of likely N-dealkylation sites (tertiary alicyclic amines) is 1. The van der Waals surface area contributed by atoms with Crippen molar-refractivity contribution in [3.8, 4) is 0 Å². The van der Waals surface area contributed by atoms with Crippen molar-refractivity contribution in [3.05, 3.63) is 28.3 Å². The molecule has 20 heavy (non-hydrogen) atoms. The number of imidazole rings is 1. The summed E-state index contributed by atoms with van der Waals surface area (Å²) in [5.41, 5.74) is 2.46. The minimum Gasteiger partial charge on any atom is -0.330 e. The molecule has 1 N–H and O–H groups in total. The van der Waals surface area contributed by atoms with Crippen molar-refractivity contribution in [2.45, 2.75) is 32.7 Å². The highest BCUT2D eigenvalue weighted by molar-refractivity contribution is 7.71. The van der Waals surface area contributed by atoms with Gasteiger partial charge in [0.15, 0.2) is 4.77 Å². The molecule has 0 saturated carbocycles. The van der Waals surface area contributed by atoms with E-state index in [9.17, 15) is 4.39 Å². The van der Waals surface area contributed by atoms with Crippen molar-refractivity contribution >= 4 is 23.3 Å². The standard InChI is InChI=1S/C15H20FN3S/c1-11-9-14-13(10-12(11)16)17-15(20)19(14)8-7-18-5-3-2-4-6-18/h9-10H,2-8H2,1H3,(H,17,20). The van der Waals surface area contributed by atoms with Gasteiger partial charge in [0.2, 0.25) is 0 Å². The van der Waals surface area contributed by atoms with Gasteiger partial charge in [-0.15, -0.1) is 0 Å². The van der Waals surface area contributed by atoms with Gasteiger partial charge in [-0.3, -0.25) is 0 Å². The first-order chi connectivity index (χ1) is 9.65. The summed E-state index contributed by atoms with van der Waals surface area (Å²) in [5.74, 6) is -0.183. The highest BCUT2D eigenvalue weighted by atomic mass is 32.1. The van der Waals surface area contributed by atoms with Gasteiger partial charge in [-0.1, -0.05) is 6.42 Å². The number of nitrogens with zero attached hydrogens (tertiary/aromatic N) is 2. The first-order valence-electron chi connectivity index (χ1n) is 7.26. The monoisotopic (exact) mass is 293 g/mol. The summed E-state index contributed by atoms with van der Waals surface area (Å²) in [6, 6.07) is 3.42. The van der Waals surface area contributed by atoms with Crippen molar-refractivity contribution in [2.75, 3.05) is 19.6 Å². The smallest absolute Gasteiger partial charge is 0.178 e. The number of hydrogen-bond donors (Lipinski definition) is 1. The van der Waals surface area contributed by atoms with E-state index in [0.717, 1.165) is 24.1 Å². The number of aromatic nitrogens is 2. The molecular formula is C15H20FN3S. The highest BCUT2D eigenvalue weighted by Crippen LogP contribution is 2.19. The van der Waals surface area contributed by atoms with Crippen LogP contribution < -0.4 is 0 Å². The molecule has 3 nitrogen and oxygen atoms in total. The first kappa shape index (κ1) is 13.8. The van der Waals surface area contributed by atoms with Gasteiger partial charge in [0.05, 0.1) is 11.0 Å². The number of hydrogen-bond acceptors (Lipinski definition) is 2. The zero-order valence-corrected chi connectivity index (χ0v) is 12.6. The molecule has 0 bridgehead atoms. The molecule has 1 aliphatic rings. The molecule has 1 aromatic carbocycles. The molecule has 0 radical (unpaired) electrons. The molecule has 1 fully saturated rings. The Labute approximate surface area is 123 Å². The Balaban J connectivity index is 1.85. The van der Waals surface area contributed by atoms with E-state index in [-0.39, 0.29) is 5.82 Å². The number of fused-ring (bicyclic) bond motifs is 1.